The van der Waals surface area contributed by atoms with Crippen molar-refractivity contribution in [1.29, 1.82) is 0 Å². The van der Waals surface area contributed by atoms with Crippen LogP contribution < -0.4 is 10.6 Å². The van der Waals surface area contributed by atoms with Crippen molar-refractivity contribution >= 4 is 23.6 Å². The lowest BCUT2D eigenvalue weighted by atomic mass is 10.6. The molecule has 6 heteroatoms. The summed E-state index contributed by atoms with van der Waals surface area (Å²) in [4.78, 5) is 11.1. The second kappa shape index (κ2) is 3.06. The van der Waals surface area contributed by atoms with Crippen LogP contribution in [-0.4, -0.2) is 20.8 Å². The van der Waals surface area contributed by atoms with Gasteiger partial charge in [-0.1, -0.05) is 0 Å². The number of nitrogens with one attached hydrogen (secondary N) is 2. The van der Waals surface area contributed by atoms with Gasteiger partial charge in [-0.25, -0.2) is 4.79 Å². The number of rotatable bonds is 2. The molecule has 64 valence electrons. The van der Waals surface area contributed by atoms with Gasteiger partial charge in [0.15, 0.2) is 5.82 Å². The van der Waals surface area contributed by atoms with Gasteiger partial charge in [0.25, 0.3) is 0 Å². The average molecular weight is 184 g/mol. The van der Waals surface area contributed by atoms with Gasteiger partial charge in [-0.3, -0.25) is 5.32 Å². The van der Waals surface area contributed by atoms with Crippen molar-refractivity contribution in [2.45, 2.75) is 18.9 Å². The van der Waals surface area contributed by atoms with Crippen LogP contribution >= 0.6 is 11.7 Å². The predicted octanol–water partition coefficient (Wildman–Crippen LogP) is 0.822. The van der Waals surface area contributed by atoms with Gasteiger partial charge in [-0.2, -0.15) is 8.75 Å². The Balaban J connectivity index is 1.82. The van der Waals surface area contributed by atoms with Gasteiger partial charge < -0.3 is 5.32 Å². The standard InChI is InChI=1S/C6H8N4OS/c11-6(8-4-1-2-4)9-5-3-7-12-10-5/h3-4H,1-2H2,(H2,8,9,10,11). The molecule has 0 aliphatic heterocycles. The van der Waals surface area contributed by atoms with Crippen LogP contribution in [0.2, 0.25) is 0 Å². The van der Waals surface area contributed by atoms with Crippen LogP contribution in [0.15, 0.2) is 6.20 Å². The van der Waals surface area contributed by atoms with Crippen LogP contribution in [0.4, 0.5) is 10.6 Å². The third-order valence-electron chi connectivity index (χ3n) is 1.52. The van der Waals surface area contributed by atoms with Crippen LogP contribution in [0.5, 0.6) is 0 Å². The normalized spacial score (nSPS) is 15.7. The van der Waals surface area contributed by atoms with Gasteiger partial charge in [-0.15, -0.1) is 0 Å². The minimum atomic E-state index is -0.190. The van der Waals surface area contributed by atoms with E-state index in [4.69, 9.17) is 0 Å². The van der Waals surface area contributed by atoms with Gasteiger partial charge in [0.2, 0.25) is 0 Å². The van der Waals surface area contributed by atoms with E-state index in [1.807, 2.05) is 0 Å². The number of carbonyl (C=O) groups excluding carboxylic acids is 1. The van der Waals surface area contributed by atoms with Gasteiger partial charge in [-0.05, 0) is 12.8 Å². The number of anilines is 1. The van der Waals surface area contributed by atoms with Crippen LogP contribution in [0.3, 0.4) is 0 Å². The number of hydrogen-bond acceptors (Lipinski definition) is 4. The number of nitrogens with zero attached hydrogens (tertiary/aromatic N) is 2. The Hall–Kier alpha value is -1.17. The first-order chi connectivity index (χ1) is 5.84. The fourth-order valence-corrected chi connectivity index (χ4v) is 1.16. The second-order valence-electron chi connectivity index (χ2n) is 2.67. The van der Waals surface area contributed by atoms with Crippen LogP contribution in [-0.2, 0) is 0 Å². The fraction of sp³-hybridized carbons (Fsp3) is 0.500. The zero-order valence-electron chi connectivity index (χ0n) is 6.28. The minimum Gasteiger partial charge on any atom is -0.335 e. The molecule has 12 heavy (non-hydrogen) atoms. The number of amides is 2. The first-order valence-electron chi connectivity index (χ1n) is 3.69. The van der Waals surface area contributed by atoms with Crippen LogP contribution in [0, 0.1) is 0 Å². The fourth-order valence-electron chi connectivity index (χ4n) is 0.785. The Morgan fingerprint density at radius 2 is 2.50 bits per heavy atom. The molecule has 0 atom stereocenters. The molecular formula is C6H8N4OS. The Morgan fingerprint density at radius 3 is 3.08 bits per heavy atom. The van der Waals surface area contributed by atoms with Crippen LogP contribution in [0.1, 0.15) is 12.8 Å². The molecule has 2 amide bonds. The molecule has 0 saturated heterocycles. The van der Waals surface area contributed by atoms with E-state index in [0.29, 0.717) is 11.9 Å². The van der Waals surface area contributed by atoms with E-state index in [2.05, 4.69) is 19.4 Å². The molecule has 1 aromatic rings. The van der Waals surface area contributed by atoms with E-state index in [1.54, 1.807) is 0 Å². The molecule has 0 radical (unpaired) electrons. The zero-order valence-corrected chi connectivity index (χ0v) is 7.10. The van der Waals surface area contributed by atoms with Crippen molar-refractivity contribution in [1.82, 2.24) is 14.1 Å². The highest BCUT2D eigenvalue weighted by molar-refractivity contribution is 6.99. The summed E-state index contributed by atoms with van der Waals surface area (Å²) in [6.45, 7) is 0. The second-order valence-corrected chi connectivity index (χ2v) is 3.22. The molecule has 2 rings (SSSR count). The van der Waals surface area contributed by atoms with Crippen molar-refractivity contribution in [3.63, 3.8) is 0 Å². The first-order valence-corrected chi connectivity index (χ1v) is 4.43. The molecule has 1 aliphatic carbocycles. The zero-order chi connectivity index (χ0) is 8.39. The lowest BCUT2D eigenvalue weighted by molar-refractivity contribution is 0.251. The lowest BCUT2D eigenvalue weighted by Crippen LogP contribution is -2.30. The predicted molar refractivity (Wildman–Crippen MR) is 45.1 cm³/mol. The van der Waals surface area contributed by atoms with Gasteiger partial charge >= 0.3 is 6.03 Å². The van der Waals surface area contributed by atoms with Crippen molar-refractivity contribution in [3.8, 4) is 0 Å². The molecule has 0 bridgehead atoms. The molecule has 0 spiro atoms. The topological polar surface area (TPSA) is 66.9 Å². The highest BCUT2D eigenvalue weighted by atomic mass is 32.1. The highest BCUT2D eigenvalue weighted by Gasteiger charge is 2.23. The Labute approximate surface area is 73.5 Å². The van der Waals surface area contributed by atoms with E-state index in [0.717, 1.165) is 24.6 Å². The smallest absolute Gasteiger partial charge is 0.320 e. The van der Waals surface area contributed by atoms with E-state index in [9.17, 15) is 4.79 Å². The van der Waals surface area contributed by atoms with E-state index < -0.39 is 0 Å². The third-order valence-corrected chi connectivity index (χ3v) is 1.99. The maximum Gasteiger partial charge on any atom is 0.320 e. The molecule has 1 fully saturated rings. The number of carbonyl (C=O) groups is 1. The monoisotopic (exact) mass is 184 g/mol. The molecule has 0 unspecified atom stereocenters. The van der Waals surface area contributed by atoms with Crippen molar-refractivity contribution in [2.75, 3.05) is 5.32 Å². The van der Waals surface area contributed by atoms with Gasteiger partial charge in [0.05, 0.1) is 17.9 Å². The Morgan fingerprint density at radius 1 is 1.67 bits per heavy atom. The van der Waals surface area contributed by atoms with E-state index in [1.165, 1.54) is 6.20 Å². The van der Waals surface area contributed by atoms with E-state index >= 15 is 0 Å². The summed E-state index contributed by atoms with van der Waals surface area (Å²) in [5, 5.41) is 5.36. The first kappa shape index (κ1) is 7.48. The number of hydrogen-bond donors (Lipinski definition) is 2. The molecule has 1 heterocycles. The summed E-state index contributed by atoms with van der Waals surface area (Å²) >= 11 is 1.07. The van der Waals surface area contributed by atoms with Crippen molar-refractivity contribution in [3.05, 3.63) is 6.20 Å². The summed E-state index contributed by atoms with van der Waals surface area (Å²) in [5.41, 5.74) is 0. The molecule has 1 aromatic heterocycles. The SMILES string of the molecule is O=C(Nc1cnsn1)NC1CC1. The molecule has 2 N–H and O–H groups in total. The molecule has 0 aromatic carbocycles. The Bertz CT molecular complexity index is 269. The summed E-state index contributed by atoms with van der Waals surface area (Å²) in [7, 11) is 0. The van der Waals surface area contributed by atoms with Gasteiger partial charge in [0.1, 0.15) is 0 Å². The van der Waals surface area contributed by atoms with Crippen molar-refractivity contribution in [2.24, 2.45) is 0 Å². The minimum absolute atomic E-state index is 0.190. The summed E-state index contributed by atoms with van der Waals surface area (Å²) in [6, 6.07) is 0.182. The maximum atomic E-state index is 11.1. The molecule has 1 aliphatic rings. The quantitative estimate of drug-likeness (QED) is 0.715. The third kappa shape index (κ3) is 1.91. The molecular weight excluding hydrogens is 176 g/mol. The van der Waals surface area contributed by atoms with Gasteiger partial charge in [0, 0.05) is 6.04 Å². The summed E-state index contributed by atoms with van der Waals surface area (Å²) in [6.07, 6.45) is 3.70. The largest absolute Gasteiger partial charge is 0.335 e. The molecule has 5 nitrogen and oxygen atoms in total. The van der Waals surface area contributed by atoms with Crippen molar-refractivity contribution < 1.29 is 4.79 Å². The van der Waals surface area contributed by atoms with Crippen LogP contribution in [0.25, 0.3) is 0 Å². The Kier molecular flexibility index (Phi) is 1.91. The number of urea groups is 1. The maximum absolute atomic E-state index is 11.1. The lowest BCUT2D eigenvalue weighted by Gasteiger charge is -2.01. The highest BCUT2D eigenvalue weighted by Crippen LogP contribution is 2.18. The average Bonchev–Trinajstić information content (AvgIpc) is 2.66. The molecule has 1 saturated carbocycles. The summed E-state index contributed by atoms with van der Waals surface area (Å²) < 4.78 is 7.60. The number of aromatic nitrogens is 2. The van der Waals surface area contributed by atoms with E-state index in [-0.39, 0.29) is 6.03 Å². The summed E-state index contributed by atoms with van der Waals surface area (Å²) in [5.74, 6) is 0.512.